The van der Waals surface area contributed by atoms with Crippen molar-refractivity contribution in [3.05, 3.63) is 54.0 Å². The SMILES string of the molecule is CCN(CC)Cc1cnc2c(C(=O)Nc3ccccc3O)cnn2c1. The molecule has 7 heteroatoms. The topological polar surface area (TPSA) is 82.8 Å². The number of rotatable bonds is 6. The van der Waals surface area contributed by atoms with Gasteiger partial charge in [0.25, 0.3) is 5.91 Å². The number of benzene rings is 1. The summed E-state index contributed by atoms with van der Waals surface area (Å²) in [6.07, 6.45) is 5.14. The zero-order valence-electron chi connectivity index (χ0n) is 14.3. The molecule has 0 atom stereocenters. The van der Waals surface area contributed by atoms with Gasteiger partial charge in [-0.3, -0.25) is 9.69 Å². The largest absolute Gasteiger partial charge is 0.506 e. The molecule has 3 rings (SSSR count). The minimum Gasteiger partial charge on any atom is -0.506 e. The summed E-state index contributed by atoms with van der Waals surface area (Å²) in [5, 5.41) is 16.7. The van der Waals surface area contributed by atoms with Gasteiger partial charge in [-0.05, 0) is 25.2 Å². The van der Waals surface area contributed by atoms with E-state index in [1.165, 1.54) is 12.3 Å². The molecule has 0 aliphatic carbocycles. The molecule has 0 saturated heterocycles. The number of phenolic OH excluding ortho intramolecular Hbond substituents is 1. The van der Waals surface area contributed by atoms with Crippen LogP contribution in [0.5, 0.6) is 5.75 Å². The van der Waals surface area contributed by atoms with Crippen molar-refractivity contribution in [3.63, 3.8) is 0 Å². The fourth-order valence-electron chi connectivity index (χ4n) is 2.63. The van der Waals surface area contributed by atoms with Crippen molar-refractivity contribution in [2.75, 3.05) is 18.4 Å². The van der Waals surface area contributed by atoms with E-state index in [0.717, 1.165) is 25.2 Å². The number of carbonyl (C=O) groups is 1. The van der Waals surface area contributed by atoms with Crippen molar-refractivity contribution in [1.29, 1.82) is 0 Å². The molecule has 0 aliphatic rings. The molecule has 0 unspecified atom stereocenters. The van der Waals surface area contributed by atoms with Crippen LogP contribution >= 0.6 is 0 Å². The van der Waals surface area contributed by atoms with Crippen LogP contribution in [0.2, 0.25) is 0 Å². The molecule has 0 bridgehead atoms. The number of para-hydroxylation sites is 2. The maximum atomic E-state index is 12.5. The number of nitrogens with zero attached hydrogens (tertiary/aromatic N) is 4. The van der Waals surface area contributed by atoms with E-state index in [9.17, 15) is 9.90 Å². The van der Waals surface area contributed by atoms with E-state index in [2.05, 4.69) is 34.1 Å². The highest BCUT2D eigenvalue weighted by molar-refractivity contribution is 6.08. The minimum absolute atomic E-state index is 0.0155. The molecule has 0 fully saturated rings. The second-order valence-electron chi connectivity index (χ2n) is 5.72. The maximum absolute atomic E-state index is 12.5. The first-order valence-corrected chi connectivity index (χ1v) is 8.26. The predicted octanol–water partition coefficient (Wildman–Crippen LogP) is 2.53. The number of nitrogens with one attached hydrogen (secondary N) is 1. The Morgan fingerprint density at radius 1 is 1.24 bits per heavy atom. The first-order chi connectivity index (χ1) is 12.1. The molecular formula is C18H21N5O2. The third-order valence-electron chi connectivity index (χ3n) is 4.11. The van der Waals surface area contributed by atoms with Gasteiger partial charge in [0.05, 0.1) is 11.9 Å². The van der Waals surface area contributed by atoms with Gasteiger partial charge in [-0.2, -0.15) is 5.10 Å². The highest BCUT2D eigenvalue weighted by atomic mass is 16.3. The number of hydrogen-bond donors (Lipinski definition) is 2. The van der Waals surface area contributed by atoms with Crippen LogP contribution in [0.3, 0.4) is 0 Å². The van der Waals surface area contributed by atoms with Crippen LogP contribution in [0.15, 0.2) is 42.9 Å². The lowest BCUT2D eigenvalue weighted by Gasteiger charge is -2.17. The Hall–Kier alpha value is -2.93. The number of phenols is 1. The first-order valence-electron chi connectivity index (χ1n) is 8.26. The number of carbonyl (C=O) groups excluding carboxylic acids is 1. The molecular weight excluding hydrogens is 318 g/mol. The van der Waals surface area contributed by atoms with Crippen molar-refractivity contribution < 1.29 is 9.90 Å². The second-order valence-corrected chi connectivity index (χ2v) is 5.72. The van der Waals surface area contributed by atoms with Gasteiger partial charge in [0, 0.05) is 24.5 Å². The molecule has 7 nitrogen and oxygen atoms in total. The number of hydrogen-bond acceptors (Lipinski definition) is 5. The summed E-state index contributed by atoms with van der Waals surface area (Å²) >= 11 is 0. The van der Waals surface area contributed by atoms with E-state index in [4.69, 9.17) is 0 Å². The summed E-state index contributed by atoms with van der Waals surface area (Å²) in [4.78, 5) is 19.1. The van der Waals surface area contributed by atoms with E-state index in [0.29, 0.717) is 16.9 Å². The van der Waals surface area contributed by atoms with Crippen molar-refractivity contribution in [2.24, 2.45) is 0 Å². The average molecular weight is 339 g/mol. The summed E-state index contributed by atoms with van der Waals surface area (Å²) in [6.45, 7) is 6.94. The molecule has 2 aromatic heterocycles. The summed E-state index contributed by atoms with van der Waals surface area (Å²) in [5.74, 6) is -0.345. The normalized spacial score (nSPS) is 11.2. The Morgan fingerprint density at radius 3 is 2.72 bits per heavy atom. The highest BCUT2D eigenvalue weighted by Gasteiger charge is 2.16. The zero-order valence-corrected chi connectivity index (χ0v) is 14.3. The van der Waals surface area contributed by atoms with Gasteiger partial charge >= 0.3 is 0 Å². The molecule has 1 aromatic carbocycles. The summed E-state index contributed by atoms with van der Waals surface area (Å²) in [5.41, 5.74) is 2.23. The second kappa shape index (κ2) is 7.31. The van der Waals surface area contributed by atoms with Crippen LogP contribution in [-0.4, -0.2) is 43.6 Å². The van der Waals surface area contributed by atoms with Crippen molar-refractivity contribution in [2.45, 2.75) is 20.4 Å². The predicted molar refractivity (Wildman–Crippen MR) is 95.7 cm³/mol. The monoisotopic (exact) mass is 339 g/mol. The van der Waals surface area contributed by atoms with Crippen LogP contribution in [0.4, 0.5) is 5.69 Å². The van der Waals surface area contributed by atoms with Gasteiger partial charge in [0.1, 0.15) is 11.3 Å². The molecule has 130 valence electrons. The molecule has 0 radical (unpaired) electrons. The van der Waals surface area contributed by atoms with Crippen LogP contribution in [0.25, 0.3) is 5.65 Å². The number of aromatic nitrogens is 3. The van der Waals surface area contributed by atoms with Gasteiger partial charge in [0.2, 0.25) is 0 Å². The van der Waals surface area contributed by atoms with E-state index < -0.39 is 0 Å². The smallest absolute Gasteiger partial charge is 0.261 e. The Kier molecular flexibility index (Phi) is 4.95. The average Bonchev–Trinajstić information content (AvgIpc) is 3.05. The molecule has 2 N–H and O–H groups in total. The number of fused-ring (bicyclic) bond motifs is 1. The van der Waals surface area contributed by atoms with Crippen molar-refractivity contribution in [1.82, 2.24) is 19.5 Å². The van der Waals surface area contributed by atoms with Gasteiger partial charge in [-0.15, -0.1) is 0 Å². The molecule has 0 saturated carbocycles. The molecule has 25 heavy (non-hydrogen) atoms. The van der Waals surface area contributed by atoms with Gasteiger partial charge < -0.3 is 10.4 Å². The van der Waals surface area contributed by atoms with Crippen molar-refractivity contribution in [3.8, 4) is 5.75 Å². The van der Waals surface area contributed by atoms with E-state index in [1.54, 1.807) is 28.9 Å². The Morgan fingerprint density at radius 2 is 2.00 bits per heavy atom. The number of amides is 1. The molecule has 3 aromatic rings. The maximum Gasteiger partial charge on any atom is 0.261 e. The fourth-order valence-corrected chi connectivity index (χ4v) is 2.63. The minimum atomic E-state index is -0.361. The van der Waals surface area contributed by atoms with E-state index in [1.807, 2.05) is 6.20 Å². The Labute approximate surface area is 145 Å². The lowest BCUT2D eigenvalue weighted by Crippen LogP contribution is -2.22. The first kappa shape index (κ1) is 16.9. The van der Waals surface area contributed by atoms with Crippen LogP contribution < -0.4 is 5.32 Å². The van der Waals surface area contributed by atoms with E-state index >= 15 is 0 Å². The Bertz CT molecular complexity index is 886. The molecule has 0 spiro atoms. The third-order valence-corrected chi connectivity index (χ3v) is 4.11. The fraction of sp³-hybridized carbons (Fsp3) is 0.278. The lowest BCUT2D eigenvalue weighted by molar-refractivity contribution is 0.102. The third kappa shape index (κ3) is 3.61. The molecule has 2 heterocycles. The van der Waals surface area contributed by atoms with E-state index in [-0.39, 0.29) is 11.7 Å². The molecule has 0 aliphatic heterocycles. The standard InChI is InChI=1S/C18H21N5O2/c1-3-22(4-2)11-13-9-19-17-14(10-20-23(17)12-13)18(25)21-15-7-5-6-8-16(15)24/h5-10,12,24H,3-4,11H2,1-2H3,(H,21,25). The highest BCUT2D eigenvalue weighted by Crippen LogP contribution is 2.22. The van der Waals surface area contributed by atoms with Crippen LogP contribution in [-0.2, 0) is 6.54 Å². The van der Waals surface area contributed by atoms with Gasteiger partial charge in [-0.1, -0.05) is 26.0 Å². The summed E-state index contributed by atoms with van der Waals surface area (Å²) < 4.78 is 1.61. The zero-order chi connectivity index (χ0) is 17.8. The quantitative estimate of drug-likeness (QED) is 0.674. The number of aromatic hydroxyl groups is 1. The summed E-state index contributed by atoms with van der Waals surface area (Å²) in [6, 6.07) is 6.58. The number of anilines is 1. The summed E-state index contributed by atoms with van der Waals surface area (Å²) in [7, 11) is 0. The lowest BCUT2D eigenvalue weighted by atomic mass is 10.2. The van der Waals surface area contributed by atoms with Crippen LogP contribution in [0.1, 0.15) is 29.8 Å². The van der Waals surface area contributed by atoms with Crippen LogP contribution in [0, 0.1) is 0 Å². The van der Waals surface area contributed by atoms with Crippen molar-refractivity contribution >= 4 is 17.2 Å². The van der Waals surface area contributed by atoms with Gasteiger partial charge in [0.15, 0.2) is 5.65 Å². The van der Waals surface area contributed by atoms with Gasteiger partial charge in [-0.25, -0.2) is 9.50 Å². The Balaban J connectivity index is 1.83. The molecule has 1 amide bonds.